The number of rotatable bonds is 1. The fourth-order valence-electron chi connectivity index (χ4n) is 1.29. The van der Waals surface area contributed by atoms with E-state index >= 15 is 0 Å². The summed E-state index contributed by atoms with van der Waals surface area (Å²) in [6.07, 6.45) is -4.54. The van der Waals surface area contributed by atoms with Gasteiger partial charge in [0, 0.05) is 0 Å². The average molecular weight is 230 g/mol. The summed E-state index contributed by atoms with van der Waals surface area (Å²) in [7, 11) is 0. The molecule has 0 atom stereocenters. The van der Waals surface area contributed by atoms with Crippen molar-refractivity contribution in [1.82, 2.24) is 19.8 Å². The van der Waals surface area contributed by atoms with Crippen molar-refractivity contribution >= 4 is 5.65 Å². The number of fused-ring (bicyclic) bond motifs is 1. The van der Waals surface area contributed by atoms with Crippen molar-refractivity contribution in [3.05, 3.63) is 23.7 Å². The molecule has 4 nitrogen and oxygen atoms in total. The summed E-state index contributed by atoms with van der Waals surface area (Å²) in [5, 5.41) is 10.4. The van der Waals surface area contributed by atoms with Crippen LogP contribution in [0.25, 0.3) is 5.65 Å². The second-order valence-corrected chi connectivity index (χ2v) is 3.70. The molecule has 0 saturated heterocycles. The van der Waals surface area contributed by atoms with Gasteiger partial charge in [0.15, 0.2) is 5.65 Å². The molecule has 2 heterocycles. The quantitative estimate of drug-likeness (QED) is 0.754. The van der Waals surface area contributed by atoms with Gasteiger partial charge < -0.3 is 0 Å². The Labute approximate surface area is 89.1 Å². The van der Waals surface area contributed by atoms with Gasteiger partial charge in [-0.3, -0.25) is 0 Å². The summed E-state index contributed by atoms with van der Waals surface area (Å²) in [6, 6.07) is 3.12. The molecule has 7 heteroatoms. The van der Waals surface area contributed by atoms with Crippen LogP contribution in [-0.2, 0) is 6.18 Å². The van der Waals surface area contributed by atoms with Crippen molar-refractivity contribution in [3.63, 3.8) is 0 Å². The van der Waals surface area contributed by atoms with Gasteiger partial charge in [-0.15, -0.1) is 10.2 Å². The maximum Gasteiger partial charge on any atom is 0.453 e. The lowest BCUT2D eigenvalue weighted by atomic mass is 10.1. The summed E-state index contributed by atoms with van der Waals surface area (Å²) >= 11 is 0. The van der Waals surface area contributed by atoms with Crippen molar-refractivity contribution < 1.29 is 13.2 Å². The Morgan fingerprint density at radius 3 is 2.44 bits per heavy atom. The van der Waals surface area contributed by atoms with E-state index in [2.05, 4.69) is 15.3 Å². The highest BCUT2D eigenvalue weighted by atomic mass is 19.4. The molecule has 0 fully saturated rings. The Morgan fingerprint density at radius 2 is 1.88 bits per heavy atom. The van der Waals surface area contributed by atoms with E-state index in [9.17, 15) is 13.2 Å². The number of nitrogens with zero attached hydrogens (tertiary/aromatic N) is 4. The first-order chi connectivity index (χ1) is 7.39. The number of hydrogen-bond acceptors (Lipinski definition) is 3. The van der Waals surface area contributed by atoms with E-state index in [1.165, 1.54) is 6.07 Å². The normalized spacial score (nSPS) is 12.6. The highest BCUT2D eigenvalue weighted by molar-refractivity contribution is 5.37. The van der Waals surface area contributed by atoms with Gasteiger partial charge in [-0.2, -0.15) is 22.8 Å². The molecule has 0 amide bonds. The summed E-state index contributed by atoms with van der Waals surface area (Å²) in [4.78, 5) is 0. The van der Waals surface area contributed by atoms with Gasteiger partial charge in [-0.05, 0) is 18.1 Å². The van der Waals surface area contributed by atoms with Crippen molar-refractivity contribution in [3.8, 4) is 0 Å². The Kier molecular flexibility index (Phi) is 2.32. The molecule has 0 aromatic carbocycles. The lowest BCUT2D eigenvalue weighted by molar-refractivity contribution is -0.146. The maximum atomic E-state index is 12.5. The van der Waals surface area contributed by atoms with E-state index in [1.807, 2.05) is 13.8 Å². The van der Waals surface area contributed by atoms with Crippen LogP contribution in [-0.4, -0.2) is 19.8 Å². The lowest BCUT2D eigenvalue weighted by Crippen LogP contribution is -2.13. The monoisotopic (exact) mass is 230 g/mol. The summed E-state index contributed by atoms with van der Waals surface area (Å²) in [6.45, 7) is 3.71. The van der Waals surface area contributed by atoms with Crippen molar-refractivity contribution in [2.75, 3.05) is 0 Å². The molecule has 2 aromatic rings. The van der Waals surface area contributed by atoms with Crippen LogP contribution in [0.1, 0.15) is 31.3 Å². The van der Waals surface area contributed by atoms with Gasteiger partial charge in [0.1, 0.15) is 0 Å². The molecule has 0 radical (unpaired) electrons. The Bertz CT molecular complexity index is 515. The molecule has 0 aliphatic carbocycles. The highest BCUT2D eigenvalue weighted by Gasteiger charge is 2.37. The van der Waals surface area contributed by atoms with Gasteiger partial charge in [-0.1, -0.05) is 13.8 Å². The molecule has 0 aliphatic heterocycles. The van der Waals surface area contributed by atoms with Crippen LogP contribution in [0, 0.1) is 0 Å². The van der Waals surface area contributed by atoms with E-state index < -0.39 is 12.0 Å². The SMILES string of the molecule is CC(C)c1ccc2nnc(C(F)(F)F)n2n1. The summed E-state index contributed by atoms with van der Waals surface area (Å²) in [5.74, 6) is -1.04. The first kappa shape index (κ1) is 10.8. The second-order valence-electron chi connectivity index (χ2n) is 3.70. The molecule has 0 bridgehead atoms. The maximum absolute atomic E-state index is 12.5. The Morgan fingerprint density at radius 1 is 1.19 bits per heavy atom. The summed E-state index contributed by atoms with van der Waals surface area (Å²) < 4.78 is 38.3. The van der Waals surface area contributed by atoms with Gasteiger partial charge in [0.2, 0.25) is 0 Å². The van der Waals surface area contributed by atoms with Crippen LogP contribution in [0.3, 0.4) is 0 Å². The molecule has 2 rings (SSSR count). The first-order valence-corrected chi connectivity index (χ1v) is 4.69. The first-order valence-electron chi connectivity index (χ1n) is 4.69. The van der Waals surface area contributed by atoms with Gasteiger partial charge in [0.25, 0.3) is 5.82 Å². The zero-order valence-electron chi connectivity index (χ0n) is 8.65. The smallest absolute Gasteiger partial charge is 0.189 e. The largest absolute Gasteiger partial charge is 0.453 e. The summed E-state index contributed by atoms with van der Waals surface area (Å²) in [5.41, 5.74) is 0.662. The minimum absolute atomic E-state index is 0.0490. The van der Waals surface area contributed by atoms with E-state index in [4.69, 9.17) is 0 Å². The zero-order valence-corrected chi connectivity index (χ0v) is 8.65. The van der Waals surface area contributed by atoms with E-state index in [-0.39, 0.29) is 11.6 Å². The predicted molar refractivity (Wildman–Crippen MR) is 49.9 cm³/mol. The van der Waals surface area contributed by atoms with Crippen LogP contribution in [0.4, 0.5) is 13.2 Å². The van der Waals surface area contributed by atoms with Crippen LogP contribution in [0.5, 0.6) is 0 Å². The topological polar surface area (TPSA) is 43.1 Å². The van der Waals surface area contributed by atoms with Gasteiger partial charge >= 0.3 is 6.18 Å². The Hall–Kier alpha value is -1.66. The molecular weight excluding hydrogens is 221 g/mol. The lowest BCUT2D eigenvalue weighted by Gasteiger charge is -2.06. The number of alkyl halides is 3. The van der Waals surface area contributed by atoms with Crippen LogP contribution >= 0.6 is 0 Å². The number of halogens is 3. The van der Waals surface area contributed by atoms with Crippen molar-refractivity contribution in [1.29, 1.82) is 0 Å². The molecule has 2 aromatic heterocycles. The molecule has 16 heavy (non-hydrogen) atoms. The fraction of sp³-hybridized carbons (Fsp3) is 0.444. The predicted octanol–water partition coefficient (Wildman–Crippen LogP) is 2.27. The van der Waals surface area contributed by atoms with E-state index in [0.717, 1.165) is 4.52 Å². The molecule has 0 saturated carbocycles. The molecule has 0 spiro atoms. The van der Waals surface area contributed by atoms with E-state index in [1.54, 1.807) is 6.07 Å². The minimum atomic E-state index is -4.54. The van der Waals surface area contributed by atoms with Crippen LogP contribution in [0.15, 0.2) is 12.1 Å². The van der Waals surface area contributed by atoms with Crippen molar-refractivity contribution in [2.24, 2.45) is 0 Å². The third kappa shape index (κ3) is 1.72. The standard InChI is InChI=1S/C9H9F3N4/c1-5(2)6-3-4-7-13-14-8(9(10,11)12)16(7)15-6/h3-5H,1-2H3. The fourth-order valence-corrected chi connectivity index (χ4v) is 1.29. The number of aromatic nitrogens is 4. The molecule has 0 aliphatic rings. The minimum Gasteiger partial charge on any atom is -0.189 e. The van der Waals surface area contributed by atoms with Gasteiger partial charge in [-0.25, -0.2) is 0 Å². The number of hydrogen-bond donors (Lipinski definition) is 0. The third-order valence-electron chi connectivity index (χ3n) is 2.13. The molecule has 86 valence electrons. The third-order valence-corrected chi connectivity index (χ3v) is 2.13. The zero-order chi connectivity index (χ0) is 11.9. The average Bonchev–Trinajstić information content (AvgIpc) is 2.58. The van der Waals surface area contributed by atoms with Gasteiger partial charge in [0.05, 0.1) is 5.69 Å². The molecule has 0 N–H and O–H groups in total. The van der Waals surface area contributed by atoms with Crippen LogP contribution < -0.4 is 0 Å². The second kappa shape index (κ2) is 3.43. The molecule has 0 unspecified atom stereocenters. The Balaban J connectivity index is 2.65. The van der Waals surface area contributed by atoms with Crippen LogP contribution in [0.2, 0.25) is 0 Å². The molecular formula is C9H9F3N4. The van der Waals surface area contributed by atoms with Crippen molar-refractivity contribution in [2.45, 2.75) is 25.9 Å². The highest BCUT2D eigenvalue weighted by Crippen LogP contribution is 2.27. The van der Waals surface area contributed by atoms with E-state index in [0.29, 0.717) is 5.69 Å².